The lowest BCUT2D eigenvalue weighted by molar-refractivity contribution is 0.0725. The van der Waals surface area contributed by atoms with Crippen LogP contribution in [0.15, 0.2) is 90.1 Å². The zero-order valence-electron chi connectivity index (χ0n) is 29.2. The zero-order valence-corrected chi connectivity index (χ0v) is 29.2. The quantitative estimate of drug-likeness (QED) is 0.103. The van der Waals surface area contributed by atoms with Crippen LogP contribution in [0.4, 0.5) is 4.39 Å². The summed E-state index contributed by atoms with van der Waals surface area (Å²) < 4.78 is 43.2. The van der Waals surface area contributed by atoms with Crippen molar-refractivity contribution in [2.24, 2.45) is 5.92 Å². The maximum Gasteiger partial charge on any atom is 0.343 e. The molecule has 2 aromatic carbocycles. The molecule has 1 aliphatic heterocycles. The minimum Gasteiger partial charge on any atom is -0.490 e. The van der Waals surface area contributed by atoms with Crippen LogP contribution >= 0.6 is 0 Å². The predicted molar refractivity (Wildman–Crippen MR) is 184 cm³/mol. The number of carbonyl (C=O) groups excluding carboxylic acids is 1. The monoisotopic (exact) mass is 672 g/mol. The number of methoxy groups -OCH3 is 1. The number of allylic oxidation sites excluding steroid dienone is 2. The Hall–Kier alpha value is -4.67. The first-order valence-electron chi connectivity index (χ1n) is 16.5. The summed E-state index contributed by atoms with van der Waals surface area (Å²) in [4.78, 5) is 19.8. The molecule has 1 N–H and O–H groups in total. The second kappa shape index (κ2) is 15.3. The van der Waals surface area contributed by atoms with E-state index >= 15 is 4.39 Å². The summed E-state index contributed by atoms with van der Waals surface area (Å²) in [5.41, 5.74) is 3.75. The summed E-state index contributed by atoms with van der Waals surface area (Å²) in [6.07, 6.45) is 2.01. The minimum absolute atomic E-state index is 0.159. The number of hydrogen-bond donors (Lipinski definition) is 1. The van der Waals surface area contributed by atoms with Crippen LogP contribution in [0.1, 0.15) is 82.0 Å². The first-order valence-corrected chi connectivity index (χ1v) is 16.5. The fraction of sp³-hybridized carbons (Fsp3) is 0.385. The molecular formula is C39H45FN2O7. The zero-order chi connectivity index (χ0) is 35.4. The van der Waals surface area contributed by atoms with E-state index < -0.39 is 17.9 Å². The van der Waals surface area contributed by atoms with Gasteiger partial charge in [-0.3, -0.25) is 4.90 Å². The van der Waals surface area contributed by atoms with Crippen LogP contribution < -0.4 is 9.47 Å². The number of carbonyl (C=O) groups is 1. The molecule has 0 spiro atoms. The van der Waals surface area contributed by atoms with Crippen LogP contribution in [-0.2, 0) is 20.8 Å². The average molecular weight is 673 g/mol. The molecule has 2 heterocycles. The number of rotatable bonds is 14. The number of ether oxygens (including phenoxy) is 5. The number of halogens is 1. The maximum absolute atomic E-state index is 15.1. The van der Waals surface area contributed by atoms with Gasteiger partial charge in [0, 0.05) is 36.2 Å². The van der Waals surface area contributed by atoms with Crippen LogP contribution in [0.3, 0.4) is 0 Å². The summed E-state index contributed by atoms with van der Waals surface area (Å²) in [5.74, 6) is 1.19. The molecule has 0 unspecified atom stereocenters. The summed E-state index contributed by atoms with van der Waals surface area (Å²) >= 11 is 0. The molecule has 2 aliphatic rings. The standard InChI is InChI=1S/C39H45FN2O7/c1-22(2)42(23(3)4)20-30-16-29(14-15-32(30)33-18-36(45-8)41-19-34(33)40)39(44)49-31-11-9-10-28(17-31)37(43)24(5)38(27-12-13-27)46-21-35-25(6)47-26(7)48-35/h9-11,14-19,22-24,37,43H,7,12-13,20-21H2,1-6,8H3/t24-,37+/m0/s1. The second-order valence-electron chi connectivity index (χ2n) is 12.9. The molecule has 1 saturated carbocycles. The van der Waals surface area contributed by atoms with Crippen molar-refractivity contribution in [1.29, 1.82) is 0 Å². The molecule has 1 aliphatic carbocycles. The molecule has 0 radical (unpaired) electrons. The van der Waals surface area contributed by atoms with Crippen LogP contribution in [0.2, 0.25) is 0 Å². The van der Waals surface area contributed by atoms with Gasteiger partial charge in [0.2, 0.25) is 5.88 Å². The maximum atomic E-state index is 15.1. The van der Waals surface area contributed by atoms with Gasteiger partial charge in [-0.05, 0) is 101 Å². The fourth-order valence-electron chi connectivity index (χ4n) is 5.97. The number of esters is 1. The summed E-state index contributed by atoms with van der Waals surface area (Å²) in [6, 6.07) is 13.9. The highest BCUT2D eigenvalue weighted by atomic mass is 19.1. The van der Waals surface area contributed by atoms with Gasteiger partial charge in [-0.1, -0.05) is 25.1 Å². The molecule has 260 valence electrons. The molecule has 5 rings (SSSR count). The highest BCUT2D eigenvalue weighted by molar-refractivity contribution is 5.92. The third-order valence-electron chi connectivity index (χ3n) is 8.75. The van der Waals surface area contributed by atoms with Gasteiger partial charge < -0.3 is 28.8 Å². The van der Waals surface area contributed by atoms with E-state index in [1.54, 1.807) is 55.5 Å². The van der Waals surface area contributed by atoms with Crippen molar-refractivity contribution in [2.75, 3.05) is 13.7 Å². The fourth-order valence-corrected chi connectivity index (χ4v) is 5.97. The van der Waals surface area contributed by atoms with E-state index in [9.17, 15) is 9.90 Å². The Morgan fingerprint density at radius 2 is 1.78 bits per heavy atom. The van der Waals surface area contributed by atoms with Gasteiger partial charge in [-0.2, -0.15) is 0 Å². The molecule has 2 atom stereocenters. The molecule has 9 nitrogen and oxygen atoms in total. The van der Waals surface area contributed by atoms with E-state index in [0.717, 1.165) is 30.2 Å². The number of aliphatic hydroxyl groups excluding tert-OH is 1. The minimum atomic E-state index is -0.927. The molecule has 0 saturated heterocycles. The molecule has 49 heavy (non-hydrogen) atoms. The van der Waals surface area contributed by atoms with E-state index in [1.165, 1.54) is 7.11 Å². The summed E-state index contributed by atoms with van der Waals surface area (Å²) in [5, 5.41) is 11.4. The van der Waals surface area contributed by atoms with Crippen LogP contribution in [0.5, 0.6) is 11.6 Å². The van der Waals surface area contributed by atoms with Gasteiger partial charge in [-0.25, -0.2) is 14.2 Å². The predicted octanol–water partition coefficient (Wildman–Crippen LogP) is 8.22. The van der Waals surface area contributed by atoms with Gasteiger partial charge in [0.25, 0.3) is 5.95 Å². The number of aromatic nitrogens is 1. The molecular weight excluding hydrogens is 627 g/mol. The number of benzene rings is 2. The molecule has 0 bridgehead atoms. The van der Waals surface area contributed by atoms with Crippen molar-refractivity contribution in [3.8, 4) is 22.8 Å². The Morgan fingerprint density at radius 1 is 1.04 bits per heavy atom. The number of nitrogens with zero attached hydrogens (tertiary/aromatic N) is 2. The van der Waals surface area contributed by atoms with Gasteiger partial charge >= 0.3 is 5.97 Å². The van der Waals surface area contributed by atoms with E-state index in [2.05, 4.69) is 44.2 Å². The normalized spacial score (nSPS) is 15.3. The first-order chi connectivity index (χ1) is 23.4. The Kier molecular flexibility index (Phi) is 11.1. The van der Waals surface area contributed by atoms with E-state index in [4.69, 9.17) is 23.7 Å². The molecule has 1 fully saturated rings. The van der Waals surface area contributed by atoms with E-state index in [0.29, 0.717) is 46.1 Å². The van der Waals surface area contributed by atoms with Crippen LogP contribution in [0, 0.1) is 11.7 Å². The SMILES string of the molecule is C=C1OC(C)=C(COC(=C2CC2)[C@@H](C)[C@@H](O)c2cccc(OC(=O)c3ccc(-c4cc(OC)ncc4F)c(CN(C(C)C)C(C)C)c3)c2)O1. The number of pyridine rings is 1. The molecule has 3 aromatic rings. The van der Waals surface area contributed by atoms with Crippen LogP contribution in [0.25, 0.3) is 11.1 Å². The van der Waals surface area contributed by atoms with Crippen LogP contribution in [-0.4, -0.2) is 46.8 Å². The van der Waals surface area contributed by atoms with E-state index in [-0.39, 0.29) is 42.2 Å². The third-order valence-corrected chi connectivity index (χ3v) is 8.75. The average Bonchev–Trinajstić information content (AvgIpc) is 3.86. The molecule has 10 heteroatoms. The highest BCUT2D eigenvalue weighted by Crippen LogP contribution is 2.41. The van der Waals surface area contributed by atoms with Gasteiger partial charge in [0.1, 0.15) is 29.7 Å². The van der Waals surface area contributed by atoms with Gasteiger partial charge in [0.05, 0.1) is 25.0 Å². The van der Waals surface area contributed by atoms with Crippen molar-refractivity contribution in [3.05, 3.63) is 113 Å². The molecule has 1 aromatic heterocycles. The number of aliphatic hydroxyl groups is 1. The summed E-state index contributed by atoms with van der Waals surface area (Å²) in [7, 11) is 1.48. The lowest BCUT2D eigenvalue weighted by Gasteiger charge is -2.31. The Morgan fingerprint density at radius 3 is 2.41 bits per heavy atom. The largest absolute Gasteiger partial charge is 0.490 e. The van der Waals surface area contributed by atoms with Crippen molar-refractivity contribution in [3.63, 3.8) is 0 Å². The Balaban J connectivity index is 1.36. The lowest BCUT2D eigenvalue weighted by Crippen LogP contribution is -2.36. The topological polar surface area (TPSA) is 99.6 Å². The Bertz CT molecular complexity index is 1770. The smallest absolute Gasteiger partial charge is 0.343 e. The third kappa shape index (κ3) is 8.50. The summed E-state index contributed by atoms with van der Waals surface area (Å²) in [6.45, 7) is 16.4. The first kappa shape index (κ1) is 35.6. The van der Waals surface area contributed by atoms with Crippen molar-refractivity contribution >= 4 is 5.97 Å². The number of hydrogen-bond acceptors (Lipinski definition) is 9. The highest BCUT2D eigenvalue weighted by Gasteiger charge is 2.30. The van der Waals surface area contributed by atoms with Crippen molar-refractivity contribution in [1.82, 2.24) is 9.88 Å². The second-order valence-corrected chi connectivity index (χ2v) is 12.9. The molecule has 0 amide bonds. The van der Waals surface area contributed by atoms with Gasteiger partial charge in [0.15, 0.2) is 5.76 Å². The van der Waals surface area contributed by atoms with E-state index in [1.807, 2.05) is 6.92 Å². The van der Waals surface area contributed by atoms with Crippen molar-refractivity contribution < 1.29 is 38.0 Å². The van der Waals surface area contributed by atoms with Gasteiger partial charge in [-0.15, -0.1) is 0 Å². The van der Waals surface area contributed by atoms with Crippen molar-refractivity contribution in [2.45, 2.75) is 79.1 Å². The Labute approximate surface area is 287 Å². The lowest BCUT2D eigenvalue weighted by atomic mass is 9.94.